The fourth-order valence-corrected chi connectivity index (χ4v) is 6.75. The van der Waals surface area contributed by atoms with Crippen LogP contribution in [0.5, 0.6) is 0 Å². The normalized spacial score (nSPS) is 23.7. The first-order chi connectivity index (χ1) is 21.4. The van der Waals surface area contributed by atoms with Crippen molar-refractivity contribution in [2.75, 3.05) is 6.54 Å². The highest BCUT2D eigenvalue weighted by molar-refractivity contribution is 6.37. The second-order valence-corrected chi connectivity index (χ2v) is 15.2. The smallest absolute Gasteiger partial charge is 0.329 e. The van der Waals surface area contributed by atoms with E-state index in [-0.39, 0.29) is 35.7 Å². The van der Waals surface area contributed by atoms with Crippen molar-refractivity contribution in [2.24, 2.45) is 40.2 Å². The molecule has 5 N–H and O–H groups in total. The minimum Gasteiger partial charge on any atom is -0.466 e. The van der Waals surface area contributed by atoms with Crippen molar-refractivity contribution < 1.29 is 37.9 Å². The summed E-state index contributed by atoms with van der Waals surface area (Å²) in [6.45, 7) is 13.3. The van der Waals surface area contributed by atoms with Gasteiger partial charge in [-0.3, -0.25) is 19.2 Å². The molecule has 1 unspecified atom stereocenters. The molecule has 2 aliphatic carbocycles. The number of furan rings is 1. The fourth-order valence-electron chi connectivity index (χ4n) is 6.75. The van der Waals surface area contributed by atoms with Gasteiger partial charge in [0.25, 0.3) is 5.91 Å². The fraction of sp³-hybridized carbons (Fsp3) is 0.697. The van der Waals surface area contributed by atoms with E-state index in [1.54, 1.807) is 46.8 Å². The number of ether oxygens (including phenoxy) is 1. The highest BCUT2D eigenvalue weighted by atomic mass is 16.5. The Bertz CT molecular complexity index is 1330. The monoisotopic (exact) mass is 643 g/mol. The van der Waals surface area contributed by atoms with Crippen LogP contribution in [0, 0.1) is 34.5 Å². The molecular formula is C33H49N5O8. The van der Waals surface area contributed by atoms with Crippen LogP contribution >= 0.6 is 0 Å². The molecule has 0 bridgehead atoms. The summed E-state index contributed by atoms with van der Waals surface area (Å²) in [4.78, 5) is 80.3. The number of amides is 5. The van der Waals surface area contributed by atoms with Crippen LogP contribution in [0.15, 0.2) is 22.8 Å². The maximum absolute atomic E-state index is 14.3. The van der Waals surface area contributed by atoms with Gasteiger partial charge >= 0.3 is 12.0 Å². The van der Waals surface area contributed by atoms with Crippen LogP contribution in [0.3, 0.4) is 0 Å². The Morgan fingerprint density at radius 2 is 1.76 bits per heavy atom. The molecule has 46 heavy (non-hydrogen) atoms. The van der Waals surface area contributed by atoms with E-state index < -0.39 is 65.1 Å². The first-order valence-electron chi connectivity index (χ1n) is 16.1. The molecule has 2 heterocycles. The average Bonchev–Trinajstić information content (AvgIpc) is 3.49. The molecule has 13 heteroatoms. The van der Waals surface area contributed by atoms with Gasteiger partial charge in [-0.15, -0.1) is 0 Å². The van der Waals surface area contributed by atoms with E-state index in [4.69, 9.17) is 14.9 Å². The summed E-state index contributed by atoms with van der Waals surface area (Å²) in [6.07, 6.45) is 4.30. The lowest BCUT2D eigenvalue weighted by molar-refractivity contribution is -0.149. The number of carbonyl (C=O) groups is 6. The number of urea groups is 1. The Morgan fingerprint density at radius 1 is 1.09 bits per heavy atom. The van der Waals surface area contributed by atoms with E-state index in [2.05, 4.69) is 29.8 Å². The van der Waals surface area contributed by atoms with Gasteiger partial charge in [0.1, 0.15) is 30.5 Å². The second kappa shape index (κ2) is 13.4. The average molecular weight is 644 g/mol. The number of esters is 1. The summed E-state index contributed by atoms with van der Waals surface area (Å²) < 4.78 is 10.6. The maximum atomic E-state index is 14.3. The topological polar surface area (TPSA) is 190 Å². The van der Waals surface area contributed by atoms with Crippen LogP contribution in [0.2, 0.25) is 0 Å². The van der Waals surface area contributed by atoms with Crippen molar-refractivity contribution >= 4 is 35.5 Å². The number of hydrogen-bond acceptors (Lipinski definition) is 8. The molecule has 0 aromatic carbocycles. The molecule has 3 aliphatic rings. The summed E-state index contributed by atoms with van der Waals surface area (Å²) in [6, 6.07) is -1.40. The minimum absolute atomic E-state index is 0.0321. The predicted octanol–water partition coefficient (Wildman–Crippen LogP) is 2.27. The van der Waals surface area contributed by atoms with Gasteiger partial charge < -0.3 is 35.7 Å². The molecule has 2 saturated carbocycles. The van der Waals surface area contributed by atoms with Crippen LogP contribution in [-0.4, -0.2) is 71.1 Å². The first-order valence-corrected chi connectivity index (χ1v) is 16.1. The number of primary amides is 1. The number of nitrogens with one attached hydrogen (secondary N) is 3. The number of Topliss-reactive ketones (excluding diaryl/α,β-unsaturated/α-hetero) is 1. The zero-order valence-electron chi connectivity index (χ0n) is 27.9. The standard InChI is InChI=1S/C33H49N5O8/c1-17(2)23(30(43)46-16-19-9-8-12-45-19)36-31(44)37-26(32(3,4)5)29(42)38-15-21-20(14-33(21,6)7)24(38)28(41)35-22(13-18-10-11-18)25(39)27(34)40/h8-9,12,17-18,20-24,26H,10-11,13-16H2,1-7H3,(H2,34,40)(H,35,41)(H2,36,37,44)/t20-,21-,22?,23-,24-,26+/m0/s1. The van der Waals surface area contributed by atoms with E-state index >= 15 is 0 Å². The second-order valence-electron chi connectivity index (χ2n) is 15.2. The lowest BCUT2D eigenvalue weighted by atomic mass is 9.55. The number of rotatable bonds is 13. The molecule has 1 aromatic rings. The summed E-state index contributed by atoms with van der Waals surface area (Å²) in [5, 5.41) is 8.18. The Hall–Kier alpha value is -3.90. The van der Waals surface area contributed by atoms with Crippen molar-refractivity contribution in [1.29, 1.82) is 0 Å². The molecular weight excluding hydrogens is 594 g/mol. The summed E-state index contributed by atoms with van der Waals surface area (Å²) in [7, 11) is 0. The molecule has 5 amide bonds. The van der Waals surface area contributed by atoms with Crippen LogP contribution in [-0.2, 0) is 35.3 Å². The highest BCUT2D eigenvalue weighted by Gasteiger charge is 2.61. The van der Waals surface area contributed by atoms with Crippen molar-refractivity contribution in [3.63, 3.8) is 0 Å². The van der Waals surface area contributed by atoms with Crippen molar-refractivity contribution in [3.05, 3.63) is 24.2 Å². The predicted molar refractivity (Wildman–Crippen MR) is 166 cm³/mol. The van der Waals surface area contributed by atoms with E-state index in [0.717, 1.165) is 12.8 Å². The van der Waals surface area contributed by atoms with Gasteiger partial charge in [-0.05, 0) is 59.5 Å². The molecule has 3 fully saturated rings. The Balaban J connectivity index is 1.51. The Kier molecular flexibility index (Phi) is 10.2. The van der Waals surface area contributed by atoms with Gasteiger partial charge in [-0.2, -0.15) is 0 Å². The lowest BCUT2D eigenvalue weighted by Gasteiger charge is -2.48. The van der Waals surface area contributed by atoms with Crippen molar-refractivity contribution in [2.45, 2.75) is 105 Å². The lowest BCUT2D eigenvalue weighted by Crippen LogP contribution is -2.62. The van der Waals surface area contributed by atoms with E-state index in [1.165, 1.54) is 11.2 Å². The third-order valence-corrected chi connectivity index (χ3v) is 9.64. The van der Waals surface area contributed by atoms with E-state index in [1.807, 2.05) is 0 Å². The first kappa shape index (κ1) is 35.0. The minimum atomic E-state index is -1.11. The third-order valence-electron chi connectivity index (χ3n) is 9.64. The van der Waals surface area contributed by atoms with Crippen molar-refractivity contribution in [1.82, 2.24) is 20.9 Å². The van der Waals surface area contributed by atoms with Crippen LogP contribution in [0.4, 0.5) is 4.79 Å². The number of likely N-dealkylation sites (tertiary alicyclic amines) is 1. The zero-order chi connectivity index (χ0) is 34.1. The van der Waals surface area contributed by atoms with Gasteiger partial charge in [0, 0.05) is 6.54 Å². The summed E-state index contributed by atoms with van der Waals surface area (Å²) in [5.41, 5.74) is 4.40. The SMILES string of the molecule is CC(C)[C@H](NC(=O)N[C@H](C(=O)N1C[C@H]2[C@H](CC2(C)C)[C@H]1C(=O)NC(CC1CC1)C(=O)C(N)=O)C(C)(C)C)C(=O)OCc1ccco1. The largest absolute Gasteiger partial charge is 0.466 e. The van der Waals surface area contributed by atoms with E-state index in [9.17, 15) is 28.8 Å². The number of carbonyl (C=O) groups excluding carboxylic acids is 6. The highest BCUT2D eigenvalue weighted by Crippen LogP contribution is 2.57. The summed E-state index contributed by atoms with van der Waals surface area (Å²) >= 11 is 0. The van der Waals surface area contributed by atoms with Gasteiger partial charge in [0.05, 0.1) is 12.3 Å². The number of fused-ring (bicyclic) bond motifs is 1. The zero-order valence-corrected chi connectivity index (χ0v) is 27.9. The van der Waals surface area contributed by atoms with Gasteiger partial charge in [0.2, 0.25) is 17.6 Å². The van der Waals surface area contributed by atoms with Crippen molar-refractivity contribution in [3.8, 4) is 0 Å². The van der Waals surface area contributed by atoms with Crippen LogP contribution in [0.25, 0.3) is 0 Å². The quantitative estimate of drug-likeness (QED) is 0.186. The molecule has 254 valence electrons. The van der Waals surface area contributed by atoms with E-state index in [0.29, 0.717) is 25.1 Å². The summed E-state index contributed by atoms with van der Waals surface area (Å²) in [5.74, 6) is -3.32. The molecule has 6 atom stereocenters. The Morgan fingerprint density at radius 3 is 2.28 bits per heavy atom. The molecule has 1 saturated heterocycles. The van der Waals surface area contributed by atoms with Crippen LogP contribution < -0.4 is 21.7 Å². The van der Waals surface area contributed by atoms with Gasteiger partial charge in [-0.25, -0.2) is 9.59 Å². The number of hydrogen-bond donors (Lipinski definition) is 4. The van der Waals surface area contributed by atoms with Gasteiger partial charge in [0.15, 0.2) is 0 Å². The molecule has 1 aliphatic heterocycles. The number of nitrogens with zero attached hydrogens (tertiary/aromatic N) is 1. The third kappa shape index (κ3) is 7.90. The molecule has 1 aromatic heterocycles. The molecule has 13 nitrogen and oxygen atoms in total. The number of ketones is 1. The Labute approximate surface area is 270 Å². The van der Waals surface area contributed by atoms with Crippen LogP contribution in [0.1, 0.15) is 79.9 Å². The molecule has 0 spiro atoms. The molecule has 0 radical (unpaired) electrons. The number of nitrogens with two attached hydrogens (primary N) is 1. The van der Waals surface area contributed by atoms with Gasteiger partial charge in [-0.1, -0.05) is 61.3 Å². The maximum Gasteiger partial charge on any atom is 0.329 e. The molecule has 4 rings (SSSR count).